The Balaban J connectivity index is 2.86. The molecule has 1 rings (SSSR count). The maximum Gasteiger partial charge on any atom is 0.328 e. The average molecular weight is 368 g/mol. The van der Waals surface area contributed by atoms with E-state index >= 15 is 0 Å². The molecule has 0 aromatic heterocycles. The molecule has 0 fully saturated rings. The summed E-state index contributed by atoms with van der Waals surface area (Å²) in [4.78, 5) is 24.0. The van der Waals surface area contributed by atoms with Gasteiger partial charge in [-0.25, -0.2) is 4.79 Å². The second kappa shape index (κ2) is 7.58. The second-order valence-electron chi connectivity index (χ2n) is 6.10. The summed E-state index contributed by atoms with van der Waals surface area (Å²) >= 11 is 3.20. The van der Waals surface area contributed by atoms with Gasteiger partial charge in [0, 0.05) is 12.0 Å². The first-order valence-electron chi connectivity index (χ1n) is 6.97. The van der Waals surface area contributed by atoms with Gasteiger partial charge >= 0.3 is 5.97 Å². The van der Waals surface area contributed by atoms with Gasteiger partial charge in [-0.3, -0.25) is 4.79 Å². The van der Waals surface area contributed by atoms with Crippen molar-refractivity contribution in [2.24, 2.45) is 0 Å². The number of hydrogen-bond acceptors (Lipinski definition) is 3. The first-order chi connectivity index (χ1) is 10.1. The number of ether oxygens (including phenoxy) is 1. The van der Waals surface area contributed by atoms with Gasteiger partial charge in [0.1, 0.15) is 6.04 Å². The molecule has 0 saturated heterocycles. The van der Waals surface area contributed by atoms with Gasteiger partial charge < -0.3 is 10.1 Å². The minimum Gasteiger partial charge on any atom is -0.467 e. The highest BCUT2D eigenvalue weighted by Gasteiger charge is 2.23. The Bertz CT molecular complexity index is 558. The van der Waals surface area contributed by atoms with Crippen molar-refractivity contribution in [2.45, 2.75) is 38.6 Å². The van der Waals surface area contributed by atoms with Crippen molar-refractivity contribution in [2.75, 3.05) is 7.11 Å². The number of esters is 1. The van der Waals surface area contributed by atoms with E-state index in [1.165, 1.54) is 7.11 Å². The summed E-state index contributed by atoms with van der Waals surface area (Å²) in [6.45, 7) is 10.0. The Labute approximate surface area is 140 Å². The minimum absolute atomic E-state index is 0.0251. The maximum atomic E-state index is 12.3. The fourth-order valence-corrected chi connectivity index (χ4v) is 2.24. The molecule has 1 aromatic carbocycles. The van der Waals surface area contributed by atoms with Crippen LogP contribution < -0.4 is 5.32 Å². The zero-order chi connectivity index (χ0) is 16.9. The molecule has 1 N–H and O–H groups in total. The lowest BCUT2D eigenvalue weighted by atomic mass is 9.86. The third-order valence-electron chi connectivity index (χ3n) is 3.23. The summed E-state index contributed by atoms with van der Waals surface area (Å²) in [5.74, 6) is -0.815. The third-order valence-corrected chi connectivity index (χ3v) is 3.55. The van der Waals surface area contributed by atoms with Gasteiger partial charge in [0.2, 0.25) is 0 Å². The van der Waals surface area contributed by atoms with Gasteiger partial charge in [-0.15, -0.1) is 0 Å². The van der Waals surface area contributed by atoms with E-state index in [0.29, 0.717) is 10.0 Å². The molecular weight excluding hydrogens is 346 g/mol. The van der Waals surface area contributed by atoms with Crippen LogP contribution in [-0.4, -0.2) is 25.0 Å². The quantitative estimate of drug-likeness (QED) is 0.809. The summed E-state index contributed by atoms with van der Waals surface area (Å²) < 4.78 is 5.32. The highest BCUT2D eigenvalue weighted by atomic mass is 79.9. The monoisotopic (exact) mass is 367 g/mol. The number of halogens is 1. The van der Waals surface area contributed by atoms with Gasteiger partial charge in [-0.05, 0) is 27.6 Å². The van der Waals surface area contributed by atoms with Crippen molar-refractivity contribution in [1.29, 1.82) is 0 Å². The van der Waals surface area contributed by atoms with Crippen LogP contribution in [-0.2, 0) is 14.9 Å². The molecule has 0 aliphatic rings. The Kier molecular flexibility index (Phi) is 6.35. The molecule has 4 nitrogen and oxygen atoms in total. The van der Waals surface area contributed by atoms with Crippen LogP contribution in [0.5, 0.6) is 0 Å². The van der Waals surface area contributed by atoms with Crippen LogP contribution >= 0.6 is 15.9 Å². The van der Waals surface area contributed by atoms with Crippen LogP contribution in [0.1, 0.15) is 43.1 Å². The van der Waals surface area contributed by atoms with Crippen LogP contribution in [0.15, 0.2) is 35.3 Å². The number of amides is 1. The molecule has 5 heteroatoms. The van der Waals surface area contributed by atoms with Crippen molar-refractivity contribution in [3.63, 3.8) is 0 Å². The van der Waals surface area contributed by atoms with Gasteiger partial charge in [0.05, 0.1) is 7.11 Å². The van der Waals surface area contributed by atoms with E-state index in [1.54, 1.807) is 12.1 Å². The number of carbonyl (C=O) groups is 2. The lowest BCUT2D eigenvalue weighted by Crippen LogP contribution is -2.41. The first kappa shape index (κ1) is 18.4. The number of hydrogen-bond donors (Lipinski definition) is 1. The molecule has 0 radical (unpaired) electrons. The molecule has 0 aliphatic carbocycles. The Morgan fingerprint density at radius 3 is 2.23 bits per heavy atom. The molecule has 0 spiro atoms. The van der Waals surface area contributed by atoms with E-state index in [9.17, 15) is 9.59 Å². The van der Waals surface area contributed by atoms with Crippen LogP contribution in [0.2, 0.25) is 0 Å². The summed E-state index contributed by atoms with van der Waals surface area (Å²) in [5, 5.41) is 2.67. The number of rotatable bonds is 5. The standard InChI is InChI=1S/C17H22BrNO3/c1-11(18)10-14(16(21)22-5)19-15(20)12-6-8-13(9-7-12)17(2,3)4/h6-9,14H,1,10H2,2-5H3,(H,19,20)/t14-/m1/s1. The molecule has 120 valence electrons. The first-order valence-corrected chi connectivity index (χ1v) is 7.77. The maximum absolute atomic E-state index is 12.3. The SMILES string of the molecule is C=C(Br)C[C@@H](NC(=O)c1ccc(C(C)(C)C)cc1)C(=O)OC. The third kappa shape index (κ3) is 5.30. The van der Waals surface area contributed by atoms with Gasteiger partial charge in [0.15, 0.2) is 0 Å². The second-order valence-corrected chi connectivity index (χ2v) is 7.22. The normalized spacial score (nSPS) is 12.4. The zero-order valence-corrected chi connectivity index (χ0v) is 15.0. The van der Waals surface area contributed by atoms with Crippen molar-refractivity contribution < 1.29 is 14.3 Å². The predicted octanol–water partition coefficient (Wildman–Crippen LogP) is 3.55. The van der Waals surface area contributed by atoms with Crippen molar-refractivity contribution in [3.05, 3.63) is 46.5 Å². The van der Waals surface area contributed by atoms with Crippen LogP contribution in [0, 0.1) is 0 Å². The Hall–Kier alpha value is -1.62. The molecule has 0 aliphatic heterocycles. The van der Waals surface area contributed by atoms with Crippen molar-refractivity contribution >= 4 is 27.8 Å². The average Bonchev–Trinajstić information content (AvgIpc) is 2.44. The molecule has 1 aromatic rings. The van der Waals surface area contributed by atoms with E-state index < -0.39 is 12.0 Å². The summed E-state index contributed by atoms with van der Waals surface area (Å²) in [6, 6.07) is 6.60. The van der Waals surface area contributed by atoms with Crippen LogP contribution in [0.4, 0.5) is 0 Å². The van der Waals surface area contributed by atoms with E-state index in [2.05, 4.69) is 48.6 Å². The van der Waals surface area contributed by atoms with E-state index in [-0.39, 0.29) is 17.7 Å². The van der Waals surface area contributed by atoms with Crippen LogP contribution in [0.25, 0.3) is 0 Å². The highest BCUT2D eigenvalue weighted by Crippen LogP contribution is 2.22. The molecule has 0 heterocycles. The molecule has 0 bridgehead atoms. The van der Waals surface area contributed by atoms with E-state index in [1.807, 2.05) is 12.1 Å². The molecule has 0 unspecified atom stereocenters. The summed E-state index contributed by atoms with van der Waals surface area (Å²) in [6.07, 6.45) is 0.276. The largest absolute Gasteiger partial charge is 0.467 e. The fraction of sp³-hybridized carbons (Fsp3) is 0.412. The summed E-state index contributed by atoms with van der Waals surface area (Å²) in [5.41, 5.74) is 1.67. The van der Waals surface area contributed by atoms with Gasteiger partial charge in [-0.2, -0.15) is 0 Å². The van der Waals surface area contributed by atoms with Gasteiger partial charge in [0.25, 0.3) is 5.91 Å². The topological polar surface area (TPSA) is 55.4 Å². The minimum atomic E-state index is -0.758. The molecule has 22 heavy (non-hydrogen) atoms. The van der Waals surface area contributed by atoms with E-state index in [0.717, 1.165) is 5.56 Å². The lowest BCUT2D eigenvalue weighted by Gasteiger charge is -2.19. The fourth-order valence-electron chi connectivity index (χ4n) is 1.92. The van der Waals surface area contributed by atoms with Crippen molar-refractivity contribution in [3.8, 4) is 0 Å². The number of nitrogens with one attached hydrogen (secondary N) is 1. The zero-order valence-electron chi connectivity index (χ0n) is 13.4. The number of carbonyl (C=O) groups excluding carboxylic acids is 2. The van der Waals surface area contributed by atoms with Crippen LogP contribution in [0.3, 0.4) is 0 Å². The van der Waals surface area contributed by atoms with Crippen molar-refractivity contribution in [1.82, 2.24) is 5.32 Å². The summed E-state index contributed by atoms with van der Waals surface area (Å²) in [7, 11) is 1.29. The number of benzene rings is 1. The Morgan fingerprint density at radius 2 is 1.82 bits per heavy atom. The molecule has 0 saturated carbocycles. The molecule has 1 atom stereocenters. The highest BCUT2D eigenvalue weighted by molar-refractivity contribution is 9.11. The lowest BCUT2D eigenvalue weighted by molar-refractivity contribution is -0.142. The van der Waals surface area contributed by atoms with Gasteiger partial charge in [-0.1, -0.05) is 55.4 Å². The molecule has 1 amide bonds. The smallest absolute Gasteiger partial charge is 0.328 e. The van der Waals surface area contributed by atoms with E-state index in [4.69, 9.17) is 4.74 Å². The molecular formula is C17H22BrNO3. The predicted molar refractivity (Wildman–Crippen MR) is 91.1 cm³/mol. The number of methoxy groups -OCH3 is 1. The Morgan fingerprint density at radius 1 is 1.27 bits per heavy atom.